The van der Waals surface area contributed by atoms with Crippen LogP contribution in [0.2, 0.25) is 0 Å². The number of benzene rings is 2. The van der Waals surface area contributed by atoms with Crippen LogP contribution in [-0.2, 0) is 4.79 Å². The van der Waals surface area contributed by atoms with Crippen LogP contribution in [0.1, 0.15) is 17.2 Å². The van der Waals surface area contributed by atoms with Gasteiger partial charge in [0.2, 0.25) is 5.91 Å². The molecule has 0 bridgehead atoms. The Bertz CT molecular complexity index is 646. The molecule has 1 fully saturated rings. The van der Waals surface area contributed by atoms with E-state index < -0.39 is 6.04 Å². The van der Waals surface area contributed by atoms with Gasteiger partial charge in [0.1, 0.15) is 6.04 Å². The highest BCUT2D eigenvalue weighted by Gasteiger charge is 2.26. The van der Waals surface area contributed by atoms with E-state index in [1.165, 1.54) is 11.3 Å². The van der Waals surface area contributed by atoms with Gasteiger partial charge in [0.15, 0.2) is 0 Å². The van der Waals surface area contributed by atoms with Crippen molar-refractivity contribution in [1.29, 1.82) is 0 Å². The number of rotatable bonds is 3. The third-order valence-corrected chi connectivity index (χ3v) is 4.42. The number of piperazine rings is 1. The number of nitrogens with two attached hydrogens (primary N) is 1. The van der Waals surface area contributed by atoms with Crippen LogP contribution in [0, 0.1) is 6.92 Å². The van der Waals surface area contributed by atoms with Gasteiger partial charge < -0.3 is 15.5 Å². The summed E-state index contributed by atoms with van der Waals surface area (Å²) in [5.74, 6) is 0.0153. The van der Waals surface area contributed by atoms with Gasteiger partial charge in [-0.1, -0.05) is 48.0 Å². The van der Waals surface area contributed by atoms with E-state index in [1.54, 1.807) is 0 Å². The fourth-order valence-electron chi connectivity index (χ4n) is 2.94. The van der Waals surface area contributed by atoms with Crippen LogP contribution in [0.3, 0.4) is 0 Å². The van der Waals surface area contributed by atoms with Crippen LogP contribution in [0.5, 0.6) is 0 Å². The highest BCUT2D eigenvalue weighted by molar-refractivity contribution is 5.83. The van der Waals surface area contributed by atoms with Gasteiger partial charge in [-0.25, -0.2) is 0 Å². The van der Waals surface area contributed by atoms with E-state index in [0.717, 1.165) is 18.7 Å². The lowest BCUT2D eigenvalue weighted by Crippen LogP contribution is -2.51. The molecule has 2 N–H and O–H groups in total. The zero-order chi connectivity index (χ0) is 16.2. The maximum atomic E-state index is 12.6. The number of hydrogen-bond donors (Lipinski definition) is 1. The number of anilines is 1. The third kappa shape index (κ3) is 3.54. The summed E-state index contributed by atoms with van der Waals surface area (Å²) < 4.78 is 0. The van der Waals surface area contributed by atoms with Gasteiger partial charge >= 0.3 is 0 Å². The Morgan fingerprint density at radius 1 is 0.957 bits per heavy atom. The molecule has 0 aromatic heterocycles. The van der Waals surface area contributed by atoms with E-state index >= 15 is 0 Å². The summed E-state index contributed by atoms with van der Waals surface area (Å²) >= 11 is 0. The van der Waals surface area contributed by atoms with Crippen molar-refractivity contribution >= 4 is 11.6 Å². The first kappa shape index (κ1) is 15.6. The number of aryl methyl sites for hydroxylation is 1. The van der Waals surface area contributed by atoms with E-state index in [1.807, 2.05) is 54.3 Å². The number of nitrogens with zero attached hydrogens (tertiary/aromatic N) is 2. The third-order valence-electron chi connectivity index (χ3n) is 4.42. The molecule has 0 radical (unpaired) electrons. The van der Waals surface area contributed by atoms with Gasteiger partial charge in [-0.2, -0.15) is 0 Å². The maximum absolute atomic E-state index is 12.6. The second-order valence-corrected chi connectivity index (χ2v) is 6.04. The van der Waals surface area contributed by atoms with Crippen LogP contribution in [0.15, 0.2) is 54.6 Å². The molecule has 1 atom stereocenters. The number of carbonyl (C=O) groups is 1. The Morgan fingerprint density at radius 2 is 1.57 bits per heavy atom. The summed E-state index contributed by atoms with van der Waals surface area (Å²) in [5.41, 5.74) is 9.42. The predicted molar refractivity (Wildman–Crippen MR) is 93.3 cm³/mol. The molecule has 2 aromatic rings. The topological polar surface area (TPSA) is 49.6 Å². The summed E-state index contributed by atoms with van der Waals surface area (Å²) in [6, 6.07) is 17.6. The summed E-state index contributed by atoms with van der Waals surface area (Å²) in [4.78, 5) is 16.8. The highest BCUT2D eigenvalue weighted by atomic mass is 16.2. The zero-order valence-corrected chi connectivity index (χ0v) is 13.5. The van der Waals surface area contributed by atoms with Crippen molar-refractivity contribution in [3.63, 3.8) is 0 Å². The molecule has 23 heavy (non-hydrogen) atoms. The molecule has 3 rings (SSSR count). The van der Waals surface area contributed by atoms with Crippen molar-refractivity contribution in [2.45, 2.75) is 13.0 Å². The van der Waals surface area contributed by atoms with E-state index in [2.05, 4.69) is 17.0 Å². The van der Waals surface area contributed by atoms with Gasteiger partial charge in [0.25, 0.3) is 0 Å². The van der Waals surface area contributed by atoms with Crippen LogP contribution in [0.4, 0.5) is 5.69 Å². The Hall–Kier alpha value is -2.33. The maximum Gasteiger partial charge on any atom is 0.244 e. The predicted octanol–water partition coefficient (Wildman–Crippen LogP) is 2.34. The first-order valence-electron chi connectivity index (χ1n) is 8.06. The minimum absolute atomic E-state index is 0.0153. The van der Waals surface area contributed by atoms with Gasteiger partial charge in [-0.15, -0.1) is 0 Å². The normalized spacial score (nSPS) is 16.3. The quantitative estimate of drug-likeness (QED) is 0.947. The van der Waals surface area contributed by atoms with E-state index in [9.17, 15) is 4.79 Å². The van der Waals surface area contributed by atoms with Gasteiger partial charge in [-0.3, -0.25) is 4.79 Å². The SMILES string of the molecule is Cc1ccc(C(N)C(=O)N2CCN(c3ccccc3)CC2)cc1. The smallest absolute Gasteiger partial charge is 0.244 e. The lowest BCUT2D eigenvalue weighted by atomic mass is 10.0. The zero-order valence-electron chi connectivity index (χ0n) is 13.5. The second-order valence-electron chi connectivity index (χ2n) is 6.04. The van der Waals surface area contributed by atoms with E-state index in [0.29, 0.717) is 13.1 Å². The van der Waals surface area contributed by atoms with Crippen molar-refractivity contribution < 1.29 is 4.79 Å². The Balaban J connectivity index is 1.60. The van der Waals surface area contributed by atoms with Crippen molar-refractivity contribution in [2.24, 2.45) is 5.73 Å². The first-order chi connectivity index (χ1) is 11.1. The van der Waals surface area contributed by atoms with Crippen molar-refractivity contribution in [2.75, 3.05) is 31.1 Å². The Labute approximate surface area is 137 Å². The fraction of sp³-hybridized carbons (Fsp3) is 0.316. The van der Waals surface area contributed by atoms with Crippen molar-refractivity contribution in [3.8, 4) is 0 Å². The fourth-order valence-corrected chi connectivity index (χ4v) is 2.94. The number of hydrogen-bond acceptors (Lipinski definition) is 3. The summed E-state index contributed by atoms with van der Waals surface area (Å²) in [6.45, 7) is 5.15. The highest BCUT2D eigenvalue weighted by Crippen LogP contribution is 2.19. The molecule has 0 aliphatic carbocycles. The first-order valence-corrected chi connectivity index (χ1v) is 8.06. The van der Waals surface area contributed by atoms with Crippen molar-refractivity contribution in [1.82, 2.24) is 4.90 Å². The van der Waals surface area contributed by atoms with Crippen LogP contribution in [-0.4, -0.2) is 37.0 Å². The summed E-state index contributed by atoms with van der Waals surface area (Å²) in [5, 5.41) is 0. The van der Waals surface area contributed by atoms with Crippen LogP contribution >= 0.6 is 0 Å². The lowest BCUT2D eigenvalue weighted by Gasteiger charge is -2.37. The molecular formula is C19H23N3O. The molecule has 0 spiro atoms. The molecule has 1 aliphatic rings. The molecule has 1 saturated heterocycles. The summed E-state index contributed by atoms with van der Waals surface area (Å²) in [6.07, 6.45) is 0. The number of carbonyl (C=O) groups excluding carboxylic acids is 1. The van der Waals surface area contributed by atoms with Crippen LogP contribution in [0.25, 0.3) is 0 Å². The van der Waals surface area contributed by atoms with Gasteiger partial charge in [0, 0.05) is 31.9 Å². The lowest BCUT2D eigenvalue weighted by molar-refractivity contribution is -0.133. The Morgan fingerprint density at radius 3 is 2.17 bits per heavy atom. The number of para-hydroxylation sites is 1. The number of amides is 1. The largest absolute Gasteiger partial charge is 0.368 e. The monoisotopic (exact) mass is 309 g/mol. The molecule has 1 unspecified atom stereocenters. The standard InChI is InChI=1S/C19H23N3O/c1-15-7-9-16(10-8-15)18(20)19(23)22-13-11-21(12-14-22)17-5-3-2-4-6-17/h2-10,18H,11-14,20H2,1H3. The average molecular weight is 309 g/mol. The minimum Gasteiger partial charge on any atom is -0.368 e. The molecule has 1 aliphatic heterocycles. The molecule has 1 heterocycles. The van der Waals surface area contributed by atoms with Crippen molar-refractivity contribution in [3.05, 3.63) is 65.7 Å². The van der Waals surface area contributed by atoms with Crippen LogP contribution < -0.4 is 10.6 Å². The molecule has 120 valence electrons. The molecule has 4 heteroatoms. The van der Waals surface area contributed by atoms with E-state index in [4.69, 9.17) is 5.73 Å². The Kier molecular flexibility index (Phi) is 4.63. The molecule has 2 aromatic carbocycles. The molecular weight excluding hydrogens is 286 g/mol. The van der Waals surface area contributed by atoms with Gasteiger partial charge in [0.05, 0.1) is 0 Å². The van der Waals surface area contributed by atoms with E-state index in [-0.39, 0.29) is 5.91 Å². The minimum atomic E-state index is -0.570. The second kappa shape index (κ2) is 6.84. The molecule has 4 nitrogen and oxygen atoms in total. The average Bonchev–Trinajstić information content (AvgIpc) is 2.62. The van der Waals surface area contributed by atoms with Gasteiger partial charge in [-0.05, 0) is 24.6 Å². The summed E-state index contributed by atoms with van der Waals surface area (Å²) in [7, 11) is 0. The molecule has 1 amide bonds. The molecule has 0 saturated carbocycles.